The number of thiophene rings is 1. The van der Waals surface area contributed by atoms with Crippen LogP contribution in [-0.4, -0.2) is 36.9 Å². The topological polar surface area (TPSA) is 17.1 Å². The summed E-state index contributed by atoms with van der Waals surface area (Å²) < 4.78 is 1.98. The van der Waals surface area contributed by atoms with E-state index in [1.54, 1.807) is 11.3 Å². The summed E-state index contributed by atoms with van der Waals surface area (Å²) in [4.78, 5) is 14.9. The van der Waals surface area contributed by atoms with Crippen molar-refractivity contribution in [3.05, 3.63) is 20.8 Å². The minimum absolute atomic E-state index is 0.0940. The number of carbonyl (C=O) groups excluding carboxylic acids is 1. The van der Waals surface area contributed by atoms with Crippen LogP contribution in [0, 0.1) is 5.92 Å². The fourth-order valence-electron chi connectivity index (χ4n) is 4.47. The molecule has 0 amide bonds. The van der Waals surface area contributed by atoms with Gasteiger partial charge in [0.05, 0.1) is 29.8 Å². The van der Waals surface area contributed by atoms with Crippen molar-refractivity contribution in [3.8, 4) is 0 Å². The van der Waals surface area contributed by atoms with Crippen molar-refractivity contribution in [2.75, 3.05) is 20.6 Å². The van der Waals surface area contributed by atoms with E-state index in [1.807, 2.05) is 0 Å². The van der Waals surface area contributed by atoms with E-state index in [-0.39, 0.29) is 11.5 Å². The number of hydrogen-bond acceptors (Lipinski definition) is 2. The molecule has 0 unspecified atom stereocenters. The maximum Gasteiger partial charge on any atom is 0.201 e. The highest BCUT2D eigenvalue weighted by Crippen LogP contribution is 2.50. The van der Waals surface area contributed by atoms with Crippen LogP contribution in [0.4, 0.5) is 0 Å². The highest BCUT2D eigenvalue weighted by molar-refractivity contribution is 9.11. The number of quaternary nitrogens is 1. The standard InChI is InChI=1S/C18H27BrNOS/c1-13-17(21)18(11-12-20(13,2)3,14-7-5-4-6-8-14)15-9-10-16(19)22-15/h9-10,13-14H,4-8,11-12H2,1-3H3/q+1/t13-,18-/m0/s1. The quantitative estimate of drug-likeness (QED) is 0.671. The van der Waals surface area contributed by atoms with E-state index >= 15 is 0 Å². The van der Waals surface area contributed by atoms with Crippen LogP contribution in [0.1, 0.15) is 50.3 Å². The van der Waals surface area contributed by atoms with Crippen LogP contribution in [0.5, 0.6) is 0 Å². The zero-order valence-corrected chi connectivity index (χ0v) is 16.3. The van der Waals surface area contributed by atoms with Gasteiger partial charge in [-0.2, -0.15) is 0 Å². The van der Waals surface area contributed by atoms with E-state index in [9.17, 15) is 4.79 Å². The summed E-state index contributed by atoms with van der Waals surface area (Å²) >= 11 is 5.39. The first-order valence-electron chi connectivity index (χ1n) is 8.51. The van der Waals surface area contributed by atoms with E-state index < -0.39 is 0 Å². The van der Waals surface area contributed by atoms with E-state index in [1.165, 1.54) is 37.0 Å². The third-order valence-electron chi connectivity index (χ3n) is 6.27. The Labute approximate surface area is 146 Å². The van der Waals surface area contributed by atoms with Gasteiger partial charge in [0, 0.05) is 11.3 Å². The van der Waals surface area contributed by atoms with Gasteiger partial charge in [-0.1, -0.05) is 19.3 Å². The van der Waals surface area contributed by atoms with Gasteiger partial charge in [-0.25, -0.2) is 0 Å². The van der Waals surface area contributed by atoms with E-state index in [4.69, 9.17) is 0 Å². The molecular formula is C18H27BrNOS+. The van der Waals surface area contributed by atoms with Gasteiger partial charge in [0.2, 0.25) is 5.78 Å². The number of nitrogens with zero attached hydrogens (tertiary/aromatic N) is 1. The number of hydrogen-bond donors (Lipinski definition) is 0. The van der Waals surface area contributed by atoms with Gasteiger partial charge in [-0.05, 0) is 53.7 Å². The Morgan fingerprint density at radius 1 is 1.23 bits per heavy atom. The van der Waals surface area contributed by atoms with Crippen LogP contribution in [-0.2, 0) is 10.2 Å². The second kappa shape index (κ2) is 6.03. The van der Waals surface area contributed by atoms with Gasteiger partial charge in [-0.3, -0.25) is 4.79 Å². The minimum atomic E-state index is -0.218. The molecule has 2 atom stereocenters. The lowest BCUT2D eigenvalue weighted by Gasteiger charge is -2.50. The molecule has 1 aromatic rings. The molecule has 1 aromatic heterocycles. The van der Waals surface area contributed by atoms with Crippen molar-refractivity contribution >= 4 is 33.0 Å². The first kappa shape index (κ1) is 16.7. The smallest absolute Gasteiger partial charge is 0.201 e. The normalized spacial score (nSPS) is 33.1. The van der Waals surface area contributed by atoms with Gasteiger partial charge in [0.1, 0.15) is 6.04 Å². The molecule has 0 spiro atoms. The number of Topliss-reactive ketones (excluding diaryl/α,β-unsaturated/α-hetero) is 1. The SMILES string of the molecule is C[C@H]1C(=O)[C@](c2ccc(Br)s2)(C2CCCCC2)CC[N+]1(C)C. The molecule has 2 fully saturated rings. The molecule has 2 heterocycles. The third kappa shape index (κ3) is 2.61. The molecule has 2 aliphatic rings. The fraction of sp³-hybridized carbons (Fsp3) is 0.722. The molecule has 0 radical (unpaired) electrons. The van der Waals surface area contributed by atoms with Gasteiger partial charge >= 0.3 is 0 Å². The molecule has 22 heavy (non-hydrogen) atoms. The molecular weight excluding hydrogens is 358 g/mol. The summed E-state index contributed by atoms with van der Waals surface area (Å²) in [5, 5.41) is 0. The summed E-state index contributed by atoms with van der Waals surface area (Å²) in [6.07, 6.45) is 7.38. The second-order valence-electron chi connectivity index (χ2n) is 7.70. The Morgan fingerprint density at radius 2 is 1.91 bits per heavy atom. The first-order valence-corrected chi connectivity index (χ1v) is 10.1. The monoisotopic (exact) mass is 384 g/mol. The number of carbonyl (C=O) groups is 1. The van der Waals surface area contributed by atoms with E-state index in [0.29, 0.717) is 11.7 Å². The Balaban J connectivity index is 2.05. The Hall–Kier alpha value is -0.190. The molecule has 122 valence electrons. The van der Waals surface area contributed by atoms with Crippen molar-refractivity contribution in [3.63, 3.8) is 0 Å². The second-order valence-corrected chi connectivity index (χ2v) is 10.2. The lowest BCUT2D eigenvalue weighted by Crippen LogP contribution is -2.64. The summed E-state index contributed by atoms with van der Waals surface area (Å²) in [7, 11) is 4.41. The highest BCUT2D eigenvalue weighted by Gasteiger charge is 2.56. The largest absolute Gasteiger partial charge is 0.320 e. The van der Waals surface area contributed by atoms with Gasteiger partial charge in [0.15, 0.2) is 0 Å². The van der Waals surface area contributed by atoms with Crippen molar-refractivity contribution in [2.45, 2.75) is 56.9 Å². The number of likely N-dealkylation sites (tertiary alicyclic amines) is 1. The van der Waals surface area contributed by atoms with Crippen LogP contribution in [0.25, 0.3) is 0 Å². The average molecular weight is 385 g/mol. The molecule has 0 aromatic carbocycles. The Bertz CT molecular complexity index is 561. The lowest BCUT2D eigenvalue weighted by atomic mass is 9.60. The van der Waals surface area contributed by atoms with Gasteiger partial charge in [0.25, 0.3) is 0 Å². The number of halogens is 1. The van der Waals surface area contributed by atoms with Crippen LogP contribution >= 0.6 is 27.3 Å². The van der Waals surface area contributed by atoms with Crippen LogP contribution < -0.4 is 0 Å². The molecule has 1 aliphatic carbocycles. The van der Waals surface area contributed by atoms with Gasteiger partial charge in [-0.15, -0.1) is 11.3 Å². The number of likely N-dealkylation sites (N-methyl/N-ethyl adjacent to an activating group) is 1. The molecule has 4 heteroatoms. The summed E-state index contributed by atoms with van der Waals surface area (Å²) in [6.45, 7) is 3.24. The molecule has 2 nitrogen and oxygen atoms in total. The molecule has 1 saturated heterocycles. The minimum Gasteiger partial charge on any atom is -0.320 e. The average Bonchev–Trinajstić information content (AvgIpc) is 2.93. The highest BCUT2D eigenvalue weighted by atomic mass is 79.9. The van der Waals surface area contributed by atoms with Crippen molar-refractivity contribution in [1.29, 1.82) is 0 Å². The van der Waals surface area contributed by atoms with Crippen LogP contribution in [0.2, 0.25) is 0 Å². The maximum absolute atomic E-state index is 13.5. The predicted molar refractivity (Wildman–Crippen MR) is 96.3 cm³/mol. The Kier molecular flexibility index (Phi) is 4.56. The zero-order chi connectivity index (χ0) is 16.0. The van der Waals surface area contributed by atoms with Crippen molar-refractivity contribution in [1.82, 2.24) is 0 Å². The summed E-state index contributed by atoms with van der Waals surface area (Å²) in [5.74, 6) is 1.03. The number of piperidine rings is 1. The molecule has 3 rings (SSSR count). The fourth-order valence-corrected chi connectivity index (χ4v) is 6.16. The zero-order valence-electron chi connectivity index (χ0n) is 13.9. The van der Waals surface area contributed by atoms with Crippen molar-refractivity contribution < 1.29 is 9.28 Å². The summed E-state index contributed by atoms with van der Waals surface area (Å²) in [5.41, 5.74) is -0.218. The van der Waals surface area contributed by atoms with Crippen molar-refractivity contribution in [2.24, 2.45) is 5.92 Å². The van der Waals surface area contributed by atoms with Crippen LogP contribution in [0.15, 0.2) is 15.9 Å². The molecule has 0 bridgehead atoms. The first-order chi connectivity index (χ1) is 10.4. The molecule has 1 saturated carbocycles. The number of ketones is 1. The lowest BCUT2D eigenvalue weighted by molar-refractivity contribution is -0.907. The molecule has 0 N–H and O–H groups in total. The third-order valence-corrected chi connectivity index (χ3v) is 8.07. The summed E-state index contributed by atoms with van der Waals surface area (Å²) in [6, 6.07) is 4.42. The Morgan fingerprint density at radius 3 is 2.50 bits per heavy atom. The maximum atomic E-state index is 13.5. The molecule has 1 aliphatic heterocycles. The van der Waals surface area contributed by atoms with Crippen LogP contribution in [0.3, 0.4) is 0 Å². The predicted octanol–water partition coefficient (Wildman–Crippen LogP) is 4.77. The van der Waals surface area contributed by atoms with E-state index in [0.717, 1.165) is 21.2 Å². The van der Waals surface area contributed by atoms with E-state index in [2.05, 4.69) is 49.1 Å². The van der Waals surface area contributed by atoms with Gasteiger partial charge < -0.3 is 4.48 Å². The number of rotatable bonds is 2.